The van der Waals surface area contributed by atoms with Crippen molar-refractivity contribution < 1.29 is 5.11 Å². The van der Waals surface area contributed by atoms with E-state index in [2.05, 4.69) is 39.6 Å². The molecule has 0 radical (unpaired) electrons. The molecule has 2 nitrogen and oxygen atoms in total. The number of aliphatic hydroxyl groups is 1. The second-order valence-corrected chi connectivity index (χ2v) is 7.19. The molecule has 1 saturated carbocycles. The molecule has 1 fully saturated rings. The van der Waals surface area contributed by atoms with Gasteiger partial charge in [0.25, 0.3) is 0 Å². The highest BCUT2D eigenvalue weighted by atomic mass is 79.9. The summed E-state index contributed by atoms with van der Waals surface area (Å²) in [7, 11) is 0. The van der Waals surface area contributed by atoms with E-state index in [0.717, 1.165) is 13.0 Å². The monoisotopic (exact) mass is 303 g/mol. The first-order chi connectivity index (χ1) is 7.64. The fraction of sp³-hybridized carbons (Fsp3) is 0.667. The summed E-state index contributed by atoms with van der Waals surface area (Å²) in [5.41, 5.74) is 1.40. The first-order valence-corrected chi connectivity index (χ1v) is 7.38. The lowest BCUT2D eigenvalue weighted by Gasteiger charge is -2.30. The number of halogens is 1. The molecule has 16 heavy (non-hydrogen) atoms. The van der Waals surface area contributed by atoms with Crippen molar-refractivity contribution in [3.05, 3.63) is 20.8 Å². The Kier molecular flexibility index (Phi) is 4.06. The first kappa shape index (κ1) is 12.6. The molecule has 0 aromatic carbocycles. The molecule has 2 rings (SSSR count). The van der Waals surface area contributed by atoms with Crippen LogP contribution in [0.15, 0.2) is 15.2 Å². The number of nitrogens with one attached hydrogen (secondary N) is 1. The van der Waals surface area contributed by atoms with Gasteiger partial charge in [0.05, 0.1) is 3.79 Å². The van der Waals surface area contributed by atoms with E-state index in [-0.39, 0.29) is 12.0 Å². The maximum atomic E-state index is 9.45. The SMILES string of the molecule is CC1(CO)CCCC1NCc1csc(Br)c1. The van der Waals surface area contributed by atoms with Gasteiger partial charge < -0.3 is 10.4 Å². The lowest BCUT2D eigenvalue weighted by Crippen LogP contribution is -2.41. The molecule has 0 saturated heterocycles. The average Bonchev–Trinajstić information content (AvgIpc) is 2.83. The number of hydrogen-bond acceptors (Lipinski definition) is 3. The molecule has 1 aromatic heterocycles. The van der Waals surface area contributed by atoms with Crippen LogP contribution in [0.2, 0.25) is 0 Å². The van der Waals surface area contributed by atoms with Crippen LogP contribution in [0.1, 0.15) is 31.7 Å². The summed E-state index contributed by atoms with van der Waals surface area (Å²) in [6.45, 7) is 3.38. The minimum atomic E-state index is 0.0766. The molecule has 2 atom stereocenters. The predicted octanol–water partition coefficient (Wildman–Crippen LogP) is 3.15. The molecule has 0 aliphatic heterocycles. The summed E-state index contributed by atoms with van der Waals surface area (Å²) in [5.74, 6) is 0. The first-order valence-electron chi connectivity index (χ1n) is 5.71. The Balaban J connectivity index is 1.90. The van der Waals surface area contributed by atoms with Crippen molar-refractivity contribution in [3.8, 4) is 0 Å². The van der Waals surface area contributed by atoms with Gasteiger partial charge in [-0.25, -0.2) is 0 Å². The molecular formula is C12H18BrNOS. The fourth-order valence-corrected chi connectivity index (χ4v) is 3.66. The van der Waals surface area contributed by atoms with Gasteiger partial charge in [-0.2, -0.15) is 0 Å². The highest BCUT2D eigenvalue weighted by Gasteiger charge is 2.37. The molecular weight excluding hydrogens is 286 g/mol. The van der Waals surface area contributed by atoms with Crippen molar-refractivity contribution in [1.29, 1.82) is 0 Å². The summed E-state index contributed by atoms with van der Waals surface area (Å²) >= 11 is 5.19. The van der Waals surface area contributed by atoms with Crippen LogP contribution in [0.25, 0.3) is 0 Å². The van der Waals surface area contributed by atoms with Crippen molar-refractivity contribution in [2.24, 2.45) is 5.41 Å². The quantitative estimate of drug-likeness (QED) is 0.895. The van der Waals surface area contributed by atoms with Crippen molar-refractivity contribution in [1.82, 2.24) is 5.32 Å². The summed E-state index contributed by atoms with van der Waals surface area (Å²) in [4.78, 5) is 0. The van der Waals surface area contributed by atoms with E-state index in [0.29, 0.717) is 6.04 Å². The van der Waals surface area contributed by atoms with E-state index in [4.69, 9.17) is 0 Å². The zero-order valence-electron chi connectivity index (χ0n) is 9.50. The maximum absolute atomic E-state index is 9.45. The summed E-state index contributed by atoms with van der Waals surface area (Å²) in [6, 6.07) is 2.61. The van der Waals surface area contributed by atoms with Crippen molar-refractivity contribution in [2.75, 3.05) is 6.61 Å². The number of thiophene rings is 1. The van der Waals surface area contributed by atoms with Gasteiger partial charge >= 0.3 is 0 Å². The van der Waals surface area contributed by atoms with Crippen LogP contribution in [-0.4, -0.2) is 17.8 Å². The smallest absolute Gasteiger partial charge is 0.0701 e. The third kappa shape index (κ3) is 2.67. The van der Waals surface area contributed by atoms with Gasteiger partial charge in [0.2, 0.25) is 0 Å². The van der Waals surface area contributed by atoms with E-state index in [1.54, 1.807) is 11.3 Å². The molecule has 2 unspecified atom stereocenters. The highest BCUT2D eigenvalue weighted by molar-refractivity contribution is 9.11. The predicted molar refractivity (Wildman–Crippen MR) is 71.7 cm³/mol. The van der Waals surface area contributed by atoms with E-state index in [1.807, 2.05) is 0 Å². The van der Waals surface area contributed by atoms with Gasteiger partial charge in [0.15, 0.2) is 0 Å². The second kappa shape index (κ2) is 5.17. The Bertz CT molecular complexity index is 355. The Morgan fingerprint density at radius 1 is 1.69 bits per heavy atom. The molecule has 1 heterocycles. The molecule has 1 aliphatic carbocycles. The zero-order chi connectivity index (χ0) is 11.6. The van der Waals surface area contributed by atoms with E-state index >= 15 is 0 Å². The molecule has 0 bridgehead atoms. The minimum absolute atomic E-state index is 0.0766. The molecule has 1 aromatic rings. The maximum Gasteiger partial charge on any atom is 0.0701 e. The van der Waals surface area contributed by atoms with E-state index in [1.165, 1.54) is 22.2 Å². The third-order valence-electron chi connectivity index (χ3n) is 3.62. The lowest BCUT2D eigenvalue weighted by molar-refractivity contribution is 0.118. The number of hydrogen-bond donors (Lipinski definition) is 2. The largest absolute Gasteiger partial charge is 0.396 e. The van der Waals surface area contributed by atoms with Crippen LogP contribution in [0.5, 0.6) is 0 Å². The Labute approximate surface area is 109 Å². The molecule has 2 N–H and O–H groups in total. The van der Waals surface area contributed by atoms with Gasteiger partial charge in [-0.3, -0.25) is 0 Å². The Morgan fingerprint density at radius 3 is 3.12 bits per heavy atom. The van der Waals surface area contributed by atoms with E-state index < -0.39 is 0 Å². The average molecular weight is 304 g/mol. The van der Waals surface area contributed by atoms with Crippen LogP contribution in [-0.2, 0) is 6.54 Å². The van der Waals surface area contributed by atoms with Crippen molar-refractivity contribution >= 4 is 27.3 Å². The summed E-state index contributed by atoms with van der Waals surface area (Å²) in [6.07, 6.45) is 3.54. The van der Waals surface area contributed by atoms with E-state index in [9.17, 15) is 5.11 Å². The molecule has 0 spiro atoms. The van der Waals surface area contributed by atoms with Crippen LogP contribution < -0.4 is 5.32 Å². The molecule has 1 aliphatic rings. The summed E-state index contributed by atoms with van der Waals surface area (Å²) < 4.78 is 1.18. The van der Waals surface area contributed by atoms with Gasteiger partial charge in [0, 0.05) is 24.6 Å². The molecule has 90 valence electrons. The number of rotatable bonds is 4. The van der Waals surface area contributed by atoms with Crippen LogP contribution in [0, 0.1) is 5.41 Å². The van der Waals surface area contributed by atoms with Crippen LogP contribution in [0.3, 0.4) is 0 Å². The highest BCUT2D eigenvalue weighted by Crippen LogP contribution is 2.37. The van der Waals surface area contributed by atoms with Crippen LogP contribution >= 0.6 is 27.3 Å². The Morgan fingerprint density at radius 2 is 2.50 bits per heavy atom. The van der Waals surface area contributed by atoms with Gasteiger partial charge in [-0.1, -0.05) is 13.3 Å². The summed E-state index contributed by atoms with van der Waals surface area (Å²) in [5, 5.41) is 15.2. The lowest BCUT2D eigenvalue weighted by atomic mass is 9.86. The third-order valence-corrected chi connectivity index (χ3v) is 5.17. The Hall–Kier alpha value is 0.100. The fourth-order valence-electron chi connectivity index (χ4n) is 2.45. The standard InChI is InChI=1S/C12H18BrNOS/c1-12(8-15)4-2-3-10(12)14-6-9-5-11(13)16-7-9/h5,7,10,14-15H,2-4,6,8H2,1H3. The minimum Gasteiger partial charge on any atom is -0.396 e. The molecule has 0 amide bonds. The number of aliphatic hydroxyl groups excluding tert-OH is 1. The van der Waals surface area contributed by atoms with Gasteiger partial charge in [-0.15, -0.1) is 11.3 Å². The van der Waals surface area contributed by atoms with Crippen molar-refractivity contribution in [3.63, 3.8) is 0 Å². The molecule has 4 heteroatoms. The van der Waals surface area contributed by atoms with Gasteiger partial charge in [-0.05, 0) is 45.8 Å². The normalized spacial score (nSPS) is 29.8. The van der Waals surface area contributed by atoms with Crippen molar-refractivity contribution in [2.45, 2.75) is 38.8 Å². The topological polar surface area (TPSA) is 32.3 Å². The van der Waals surface area contributed by atoms with Crippen LogP contribution in [0.4, 0.5) is 0 Å². The zero-order valence-corrected chi connectivity index (χ0v) is 11.9. The van der Waals surface area contributed by atoms with Gasteiger partial charge in [0.1, 0.15) is 0 Å². The second-order valence-electron chi connectivity index (χ2n) is 4.90.